The van der Waals surface area contributed by atoms with Crippen molar-refractivity contribution in [2.45, 2.75) is 18.4 Å². The Morgan fingerprint density at radius 1 is 1.17 bits per heavy atom. The van der Waals surface area contributed by atoms with Gasteiger partial charge in [0, 0.05) is 59.0 Å². The van der Waals surface area contributed by atoms with Gasteiger partial charge in [0.15, 0.2) is 0 Å². The first-order valence-corrected chi connectivity index (χ1v) is 10.9. The van der Waals surface area contributed by atoms with Crippen LogP contribution in [-0.2, 0) is 5.92 Å². The molecule has 154 valence electrons. The molecule has 4 nitrogen and oxygen atoms in total. The molecule has 0 bridgehead atoms. The quantitative estimate of drug-likeness (QED) is 0.568. The van der Waals surface area contributed by atoms with Gasteiger partial charge in [-0.25, -0.2) is 8.78 Å². The van der Waals surface area contributed by atoms with Gasteiger partial charge in [-0.1, -0.05) is 17.7 Å². The topological polar surface area (TPSA) is 35.6 Å². The molecule has 1 heterocycles. The number of nitrogens with one attached hydrogen (secondary N) is 1. The van der Waals surface area contributed by atoms with Crippen LogP contribution in [0.4, 0.5) is 14.5 Å². The maximum Gasteiger partial charge on any atom is 0.275 e. The van der Waals surface area contributed by atoms with Crippen molar-refractivity contribution in [3.05, 3.63) is 61.7 Å². The van der Waals surface area contributed by atoms with E-state index in [1.807, 2.05) is 29.6 Å². The summed E-state index contributed by atoms with van der Waals surface area (Å²) in [5.74, 6) is -3.25. The minimum Gasteiger partial charge on any atom is -0.322 e. The number of fused-ring (bicyclic) bond motifs is 1. The molecule has 1 saturated heterocycles. The van der Waals surface area contributed by atoms with Gasteiger partial charge >= 0.3 is 0 Å². The smallest absolute Gasteiger partial charge is 0.275 e. The van der Waals surface area contributed by atoms with Crippen LogP contribution in [0.3, 0.4) is 0 Å². The number of rotatable bonds is 3. The van der Waals surface area contributed by atoms with E-state index in [1.54, 1.807) is 30.3 Å². The van der Waals surface area contributed by atoms with Crippen molar-refractivity contribution >= 4 is 45.8 Å². The number of anilines is 1. The molecule has 0 saturated carbocycles. The van der Waals surface area contributed by atoms with Crippen molar-refractivity contribution in [2.75, 3.05) is 38.5 Å². The number of piperazine rings is 1. The Morgan fingerprint density at radius 3 is 2.59 bits per heavy atom. The molecule has 1 unspecified atom stereocenters. The van der Waals surface area contributed by atoms with E-state index >= 15 is 0 Å². The van der Waals surface area contributed by atoms with Gasteiger partial charge in [-0.2, -0.15) is 0 Å². The third kappa shape index (κ3) is 4.28. The van der Waals surface area contributed by atoms with Crippen molar-refractivity contribution in [1.29, 1.82) is 0 Å². The van der Waals surface area contributed by atoms with Gasteiger partial charge in [-0.3, -0.25) is 9.69 Å². The normalized spacial score (nSPS) is 21.8. The number of alkyl halides is 2. The second kappa shape index (κ2) is 8.09. The molecule has 8 heteroatoms. The number of carbonyl (C=O) groups excluding carboxylic acids is 1. The maximum atomic E-state index is 14.8. The average molecular weight is 532 g/mol. The Hall–Kier alpha value is -1.29. The van der Waals surface area contributed by atoms with E-state index in [4.69, 9.17) is 11.6 Å². The fraction of sp³-hybridized carbons (Fsp3) is 0.381. The predicted molar refractivity (Wildman–Crippen MR) is 119 cm³/mol. The van der Waals surface area contributed by atoms with E-state index in [1.165, 1.54) is 6.07 Å². The summed E-state index contributed by atoms with van der Waals surface area (Å²) >= 11 is 8.05. The summed E-state index contributed by atoms with van der Waals surface area (Å²) in [6.45, 7) is 3.33. The zero-order valence-electron chi connectivity index (χ0n) is 15.9. The fourth-order valence-corrected chi connectivity index (χ4v) is 4.64. The molecule has 1 N–H and O–H groups in total. The molecule has 1 amide bonds. The summed E-state index contributed by atoms with van der Waals surface area (Å²) in [6, 6.07) is 9.52. The fourth-order valence-electron chi connectivity index (χ4n) is 4.00. The molecule has 2 aromatic carbocycles. The lowest BCUT2D eigenvalue weighted by atomic mass is 10.0. The first kappa shape index (κ1) is 21.0. The van der Waals surface area contributed by atoms with E-state index in [9.17, 15) is 13.6 Å². The highest BCUT2D eigenvalue weighted by Crippen LogP contribution is 2.50. The molecule has 0 aromatic heterocycles. The number of hydrogen-bond acceptors (Lipinski definition) is 3. The Bertz CT molecular complexity index is 948. The molecular weight excluding hydrogens is 511 g/mol. The number of nitrogens with zero attached hydrogens (tertiary/aromatic N) is 2. The number of benzene rings is 2. The van der Waals surface area contributed by atoms with Crippen LogP contribution in [0.1, 0.15) is 33.9 Å². The number of halogens is 4. The molecule has 1 aliphatic carbocycles. The lowest BCUT2D eigenvalue weighted by Crippen LogP contribution is -2.45. The Balaban J connectivity index is 1.56. The van der Waals surface area contributed by atoms with Crippen LogP contribution in [0.2, 0.25) is 5.02 Å². The lowest BCUT2D eigenvalue weighted by molar-refractivity contribution is -0.0257. The van der Waals surface area contributed by atoms with E-state index in [2.05, 4.69) is 15.1 Å². The second-order valence-corrected chi connectivity index (χ2v) is 9.22. The highest BCUT2D eigenvalue weighted by Gasteiger charge is 2.47. The molecular formula is C21H21ClF2IN3O. The molecule has 1 fully saturated rings. The van der Waals surface area contributed by atoms with E-state index < -0.39 is 5.92 Å². The van der Waals surface area contributed by atoms with Crippen LogP contribution >= 0.6 is 34.2 Å². The SMILES string of the molecule is CN1CCN(C2CC(F)(F)c3cc(NC(=O)c4ccc(Cl)c(I)c4)ccc32)CC1. The monoisotopic (exact) mass is 531 g/mol. The standard InChI is InChI=1S/C21H21ClF2IN3O/c1-27-6-8-28(9-7-27)19-12-21(23,24)16-11-14(3-4-15(16)19)26-20(29)13-2-5-17(22)18(25)10-13/h2-5,10-11,19H,6-9,12H2,1H3,(H,26,29). The van der Waals surface area contributed by atoms with Crippen LogP contribution in [0.5, 0.6) is 0 Å². The summed E-state index contributed by atoms with van der Waals surface area (Å²) in [6.07, 6.45) is -0.209. The summed E-state index contributed by atoms with van der Waals surface area (Å²) < 4.78 is 30.3. The number of amides is 1. The second-order valence-electron chi connectivity index (χ2n) is 7.65. The molecule has 4 rings (SSSR count). The maximum absolute atomic E-state index is 14.8. The molecule has 1 aliphatic heterocycles. The average Bonchev–Trinajstić information content (AvgIpc) is 2.95. The Morgan fingerprint density at radius 2 is 1.90 bits per heavy atom. The number of carbonyl (C=O) groups is 1. The van der Waals surface area contributed by atoms with Crippen molar-refractivity contribution in [2.24, 2.45) is 0 Å². The molecule has 29 heavy (non-hydrogen) atoms. The Labute approximate surface area is 187 Å². The summed E-state index contributed by atoms with van der Waals surface area (Å²) in [5.41, 5.74) is 1.49. The van der Waals surface area contributed by atoms with Crippen LogP contribution in [-0.4, -0.2) is 48.9 Å². The summed E-state index contributed by atoms with van der Waals surface area (Å²) in [4.78, 5) is 16.9. The van der Waals surface area contributed by atoms with Crippen molar-refractivity contribution in [1.82, 2.24) is 9.80 Å². The molecule has 0 spiro atoms. The van der Waals surface area contributed by atoms with Crippen molar-refractivity contribution < 1.29 is 13.6 Å². The molecule has 2 aromatic rings. The van der Waals surface area contributed by atoms with Crippen LogP contribution in [0.15, 0.2) is 36.4 Å². The first-order chi connectivity index (χ1) is 13.7. The highest BCUT2D eigenvalue weighted by atomic mass is 127. The van der Waals surface area contributed by atoms with Crippen LogP contribution in [0, 0.1) is 3.57 Å². The number of hydrogen-bond donors (Lipinski definition) is 1. The van der Waals surface area contributed by atoms with Gasteiger partial charge in [0.05, 0.1) is 5.02 Å². The zero-order chi connectivity index (χ0) is 20.8. The van der Waals surface area contributed by atoms with E-state index in [-0.39, 0.29) is 23.9 Å². The van der Waals surface area contributed by atoms with Crippen molar-refractivity contribution in [3.63, 3.8) is 0 Å². The predicted octanol–water partition coefficient (Wildman–Crippen LogP) is 4.98. The van der Waals surface area contributed by atoms with Gasteiger partial charge in [-0.05, 0) is 65.5 Å². The largest absolute Gasteiger partial charge is 0.322 e. The van der Waals surface area contributed by atoms with E-state index in [0.29, 0.717) is 21.8 Å². The minimum atomic E-state index is -2.90. The van der Waals surface area contributed by atoms with Gasteiger partial charge in [-0.15, -0.1) is 0 Å². The van der Waals surface area contributed by atoms with Crippen molar-refractivity contribution in [3.8, 4) is 0 Å². The first-order valence-electron chi connectivity index (χ1n) is 9.46. The molecule has 1 atom stereocenters. The molecule has 2 aliphatic rings. The third-order valence-corrected chi connectivity index (χ3v) is 7.22. The lowest BCUT2D eigenvalue weighted by Gasteiger charge is -2.36. The van der Waals surface area contributed by atoms with Crippen LogP contribution in [0.25, 0.3) is 0 Å². The van der Waals surface area contributed by atoms with Gasteiger partial charge in [0.25, 0.3) is 11.8 Å². The summed E-state index contributed by atoms with van der Waals surface area (Å²) in [5, 5.41) is 3.30. The van der Waals surface area contributed by atoms with Gasteiger partial charge < -0.3 is 10.2 Å². The molecule has 0 radical (unpaired) electrons. The third-order valence-electron chi connectivity index (χ3n) is 5.67. The zero-order valence-corrected chi connectivity index (χ0v) is 18.8. The Kier molecular flexibility index (Phi) is 5.85. The van der Waals surface area contributed by atoms with Gasteiger partial charge in [0.1, 0.15) is 0 Å². The van der Waals surface area contributed by atoms with Crippen LogP contribution < -0.4 is 5.32 Å². The summed E-state index contributed by atoms with van der Waals surface area (Å²) in [7, 11) is 2.05. The minimum absolute atomic E-state index is 0.0184. The number of likely N-dealkylation sites (N-methyl/N-ethyl adjacent to an activating group) is 1. The highest BCUT2D eigenvalue weighted by molar-refractivity contribution is 14.1. The van der Waals surface area contributed by atoms with E-state index in [0.717, 1.165) is 29.7 Å². The van der Waals surface area contributed by atoms with Gasteiger partial charge in [0.2, 0.25) is 0 Å².